The van der Waals surface area contributed by atoms with E-state index in [0.29, 0.717) is 6.04 Å². The van der Waals surface area contributed by atoms with Crippen LogP contribution in [0.4, 0.5) is 5.95 Å². The van der Waals surface area contributed by atoms with Crippen molar-refractivity contribution < 1.29 is 0 Å². The molecule has 1 unspecified atom stereocenters. The molecule has 1 aliphatic heterocycles. The molecule has 14 heavy (non-hydrogen) atoms. The molecule has 0 amide bonds. The van der Waals surface area contributed by atoms with E-state index in [2.05, 4.69) is 27.1 Å². The minimum absolute atomic E-state index is 0.533. The van der Waals surface area contributed by atoms with Crippen molar-refractivity contribution in [3.05, 3.63) is 18.5 Å². The molecule has 0 bridgehead atoms. The zero-order chi connectivity index (χ0) is 9.80. The van der Waals surface area contributed by atoms with Gasteiger partial charge in [0.2, 0.25) is 5.95 Å². The molecule has 1 N–H and O–H groups in total. The molecule has 1 aromatic rings. The molecule has 0 spiro atoms. The molecule has 1 aliphatic rings. The van der Waals surface area contributed by atoms with Gasteiger partial charge in [0, 0.05) is 38.1 Å². The number of anilines is 1. The second kappa shape index (κ2) is 4.37. The smallest absolute Gasteiger partial charge is 0.225 e. The van der Waals surface area contributed by atoms with Crippen molar-refractivity contribution in [3.8, 4) is 0 Å². The average molecular weight is 192 g/mol. The lowest BCUT2D eigenvalue weighted by Crippen LogP contribution is -2.51. The molecule has 0 aliphatic carbocycles. The summed E-state index contributed by atoms with van der Waals surface area (Å²) in [4.78, 5) is 10.9. The van der Waals surface area contributed by atoms with Gasteiger partial charge in [0.1, 0.15) is 0 Å². The Bertz CT molecular complexity index is 275. The van der Waals surface area contributed by atoms with Crippen molar-refractivity contribution in [1.29, 1.82) is 0 Å². The van der Waals surface area contributed by atoms with Gasteiger partial charge < -0.3 is 10.2 Å². The summed E-state index contributed by atoms with van der Waals surface area (Å²) in [6, 6.07) is 2.39. The van der Waals surface area contributed by atoms with Gasteiger partial charge in [-0.15, -0.1) is 0 Å². The third-order valence-corrected chi connectivity index (χ3v) is 2.63. The van der Waals surface area contributed by atoms with Gasteiger partial charge in [-0.1, -0.05) is 6.92 Å². The monoisotopic (exact) mass is 192 g/mol. The fourth-order valence-electron chi connectivity index (χ4n) is 1.83. The Labute approximate surface area is 84.4 Å². The molecule has 1 aromatic heterocycles. The molecule has 4 nitrogen and oxygen atoms in total. The number of nitrogens with one attached hydrogen (secondary N) is 1. The van der Waals surface area contributed by atoms with Crippen LogP contribution in [-0.4, -0.2) is 35.6 Å². The molecule has 0 saturated carbocycles. The number of hydrogen-bond acceptors (Lipinski definition) is 4. The fourth-order valence-corrected chi connectivity index (χ4v) is 1.83. The number of rotatable bonds is 2. The van der Waals surface area contributed by atoms with Crippen molar-refractivity contribution in [2.24, 2.45) is 0 Å². The summed E-state index contributed by atoms with van der Waals surface area (Å²) in [5.74, 6) is 0.862. The lowest BCUT2D eigenvalue weighted by atomic mass is 10.1. The third-order valence-electron chi connectivity index (χ3n) is 2.63. The highest BCUT2D eigenvalue weighted by atomic mass is 15.3. The Balaban J connectivity index is 2.15. The van der Waals surface area contributed by atoms with Crippen molar-refractivity contribution >= 4 is 5.95 Å². The van der Waals surface area contributed by atoms with Crippen LogP contribution in [0, 0.1) is 0 Å². The molecule has 2 heterocycles. The average Bonchev–Trinajstić information content (AvgIpc) is 2.30. The highest BCUT2D eigenvalue weighted by Crippen LogP contribution is 2.13. The maximum atomic E-state index is 4.29. The summed E-state index contributed by atoms with van der Waals surface area (Å²) in [5.41, 5.74) is 0. The van der Waals surface area contributed by atoms with E-state index in [1.807, 2.05) is 6.07 Å². The summed E-state index contributed by atoms with van der Waals surface area (Å²) < 4.78 is 0. The van der Waals surface area contributed by atoms with Crippen LogP contribution < -0.4 is 10.2 Å². The van der Waals surface area contributed by atoms with E-state index in [9.17, 15) is 0 Å². The highest BCUT2D eigenvalue weighted by molar-refractivity contribution is 5.31. The number of nitrogens with zero attached hydrogens (tertiary/aromatic N) is 3. The Morgan fingerprint density at radius 1 is 1.50 bits per heavy atom. The van der Waals surface area contributed by atoms with Crippen LogP contribution in [0.1, 0.15) is 13.3 Å². The summed E-state index contributed by atoms with van der Waals surface area (Å²) in [5, 5.41) is 3.39. The van der Waals surface area contributed by atoms with Crippen molar-refractivity contribution in [2.75, 3.05) is 24.5 Å². The van der Waals surface area contributed by atoms with Crippen molar-refractivity contribution in [3.63, 3.8) is 0 Å². The Hall–Kier alpha value is -1.16. The van der Waals surface area contributed by atoms with Gasteiger partial charge in [0.15, 0.2) is 0 Å². The molecule has 0 aromatic carbocycles. The second-order valence-corrected chi connectivity index (χ2v) is 3.51. The summed E-state index contributed by atoms with van der Waals surface area (Å²) >= 11 is 0. The van der Waals surface area contributed by atoms with Gasteiger partial charge in [-0.3, -0.25) is 0 Å². The number of aromatic nitrogens is 2. The van der Waals surface area contributed by atoms with E-state index in [-0.39, 0.29) is 0 Å². The SMILES string of the molecule is CCC1CNCCN1c1ncccn1. The molecular formula is C10H16N4. The van der Waals surface area contributed by atoms with E-state index in [0.717, 1.165) is 32.0 Å². The van der Waals surface area contributed by atoms with Crippen LogP contribution in [0.5, 0.6) is 0 Å². The fraction of sp³-hybridized carbons (Fsp3) is 0.600. The van der Waals surface area contributed by atoms with Crippen LogP contribution in [0.25, 0.3) is 0 Å². The maximum Gasteiger partial charge on any atom is 0.225 e. The van der Waals surface area contributed by atoms with E-state index in [1.165, 1.54) is 0 Å². The van der Waals surface area contributed by atoms with Crippen LogP contribution in [0.2, 0.25) is 0 Å². The van der Waals surface area contributed by atoms with Gasteiger partial charge in [-0.2, -0.15) is 0 Å². The largest absolute Gasteiger partial charge is 0.335 e. The molecular weight excluding hydrogens is 176 g/mol. The van der Waals surface area contributed by atoms with Gasteiger partial charge in [-0.25, -0.2) is 9.97 Å². The third kappa shape index (κ3) is 1.85. The standard InChI is InChI=1S/C10H16N4/c1-2-9-8-11-6-7-14(9)10-12-4-3-5-13-10/h3-5,9,11H,2,6-8H2,1H3. The second-order valence-electron chi connectivity index (χ2n) is 3.51. The molecule has 1 fully saturated rings. The first kappa shape index (κ1) is 9.40. The Kier molecular flexibility index (Phi) is 2.93. The molecule has 1 atom stereocenters. The predicted molar refractivity (Wildman–Crippen MR) is 56.3 cm³/mol. The van der Waals surface area contributed by atoms with Crippen LogP contribution >= 0.6 is 0 Å². The van der Waals surface area contributed by atoms with E-state index in [4.69, 9.17) is 0 Å². The minimum Gasteiger partial charge on any atom is -0.335 e. The highest BCUT2D eigenvalue weighted by Gasteiger charge is 2.21. The molecule has 0 radical (unpaired) electrons. The zero-order valence-corrected chi connectivity index (χ0v) is 8.48. The lowest BCUT2D eigenvalue weighted by molar-refractivity contribution is 0.459. The van der Waals surface area contributed by atoms with Crippen LogP contribution in [0.15, 0.2) is 18.5 Å². The van der Waals surface area contributed by atoms with Gasteiger partial charge in [-0.05, 0) is 12.5 Å². The summed E-state index contributed by atoms with van der Waals surface area (Å²) in [6.45, 7) is 5.26. The first-order valence-electron chi connectivity index (χ1n) is 5.16. The molecule has 4 heteroatoms. The van der Waals surface area contributed by atoms with Gasteiger partial charge in [0.05, 0.1) is 0 Å². The van der Waals surface area contributed by atoms with E-state index >= 15 is 0 Å². The van der Waals surface area contributed by atoms with E-state index < -0.39 is 0 Å². The normalized spacial score (nSPS) is 22.4. The van der Waals surface area contributed by atoms with Crippen molar-refractivity contribution in [2.45, 2.75) is 19.4 Å². The maximum absolute atomic E-state index is 4.29. The van der Waals surface area contributed by atoms with Gasteiger partial charge >= 0.3 is 0 Å². The van der Waals surface area contributed by atoms with Crippen LogP contribution in [-0.2, 0) is 0 Å². The summed E-state index contributed by atoms with van der Waals surface area (Å²) in [7, 11) is 0. The minimum atomic E-state index is 0.533. The quantitative estimate of drug-likeness (QED) is 0.747. The lowest BCUT2D eigenvalue weighted by Gasteiger charge is -2.35. The predicted octanol–water partition coefficient (Wildman–Crippen LogP) is 0.665. The zero-order valence-electron chi connectivity index (χ0n) is 8.48. The van der Waals surface area contributed by atoms with Crippen LogP contribution in [0.3, 0.4) is 0 Å². The summed E-state index contributed by atoms with van der Waals surface area (Å²) in [6.07, 6.45) is 4.74. The number of hydrogen-bond donors (Lipinski definition) is 1. The van der Waals surface area contributed by atoms with Gasteiger partial charge in [0.25, 0.3) is 0 Å². The first-order chi connectivity index (χ1) is 6.92. The Morgan fingerprint density at radius 2 is 2.29 bits per heavy atom. The number of piperazine rings is 1. The molecule has 2 rings (SSSR count). The molecule has 76 valence electrons. The topological polar surface area (TPSA) is 41.0 Å². The van der Waals surface area contributed by atoms with Crippen molar-refractivity contribution in [1.82, 2.24) is 15.3 Å². The van der Waals surface area contributed by atoms with E-state index in [1.54, 1.807) is 12.4 Å². The molecule has 1 saturated heterocycles. The first-order valence-corrected chi connectivity index (χ1v) is 5.16. The Morgan fingerprint density at radius 3 is 3.00 bits per heavy atom.